The minimum absolute atomic E-state index is 0.00289. The van der Waals surface area contributed by atoms with Crippen LogP contribution in [0.1, 0.15) is 158 Å². The Hall–Kier alpha value is -2.64. The normalized spacial score (nSPS) is 32.0. The van der Waals surface area contributed by atoms with Crippen LogP contribution in [0.4, 0.5) is 0 Å². The molecule has 7 fully saturated rings. The Labute approximate surface area is 366 Å². The number of allylic oxidation sites excluding steroid dienone is 1. The lowest BCUT2D eigenvalue weighted by Gasteiger charge is -2.40. The lowest BCUT2D eigenvalue weighted by molar-refractivity contribution is -0.147. The molecule has 0 bridgehead atoms. The van der Waals surface area contributed by atoms with Crippen molar-refractivity contribution in [3.63, 3.8) is 0 Å². The molecule has 0 aromatic heterocycles. The fourth-order valence-electron chi connectivity index (χ4n) is 13.1. The van der Waals surface area contributed by atoms with Gasteiger partial charge in [-0.2, -0.15) is 12.7 Å². The summed E-state index contributed by atoms with van der Waals surface area (Å²) in [5, 5.41) is 3.28. The number of likely N-dealkylation sites (tertiary alicyclic amines) is 2. The summed E-state index contributed by atoms with van der Waals surface area (Å²) in [5.74, 6) is -2.19. The van der Waals surface area contributed by atoms with E-state index >= 15 is 4.79 Å². The highest BCUT2D eigenvalue weighted by Gasteiger charge is 2.85. The van der Waals surface area contributed by atoms with Gasteiger partial charge in [0.1, 0.15) is 0 Å². The highest BCUT2D eigenvalue weighted by atomic mass is 32.2. The first kappa shape index (κ1) is 46.4. The molecule has 7 rings (SSSR count). The lowest BCUT2D eigenvalue weighted by atomic mass is 9.73. The minimum atomic E-state index is -4.12. The number of nitrogens with zero attached hydrogens (tertiary/aromatic N) is 3. The Morgan fingerprint density at radius 1 is 0.885 bits per heavy atom. The van der Waals surface area contributed by atoms with Crippen molar-refractivity contribution >= 4 is 39.5 Å². The summed E-state index contributed by atoms with van der Waals surface area (Å²) >= 11 is 0. The number of rotatable bonds is 17. The molecule has 2 saturated heterocycles. The van der Waals surface area contributed by atoms with Gasteiger partial charge < -0.3 is 10.2 Å². The molecule has 3 amide bonds. The highest BCUT2D eigenvalue weighted by Crippen LogP contribution is 2.88. The lowest BCUT2D eigenvalue weighted by Crippen LogP contribution is -2.57. The quantitative estimate of drug-likeness (QED) is 0.156. The van der Waals surface area contributed by atoms with Crippen molar-refractivity contribution in [2.45, 2.75) is 182 Å². The molecule has 7 aliphatic rings. The summed E-state index contributed by atoms with van der Waals surface area (Å²) in [4.78, 5) is 77.4. The first-order chi connectivity index (χ1) is 28.6. The maximum Gasteiger partial charge on any atom is 0.303 e. The van der Waals surface area contributed by atoms with E-state index < -0.39 is 44.9 Å². The van der Waals surface area contributed by atoms with Gasteiger partial charge in [0, 0.05) is 50.4 Å². The number of nitrogens with one attached hydrogen (secondary N) is 2. The molecule has 2 heterocycles. The molecule has 5 aliphatic carbocycles. The topological polar surface area (TPSA) is 153 Å². The zero-order valence-electron chi connectivity index (χ0n) is 38.7. The van der Waals surface area contributed by atoms with Crippen LogP contribution < -0.4 is 10.0 Å². The number of Topliss-reactive ketones (excluding diaryl/α,β-unsaturated/α-hetero) is 2. The third-order valence-electron chi connectivity index (χ3n) is 17.7. The maximum atomic E-state index is 15.4. The number of carbonyl (C=O) groups excluding carboxylic acids is 5. The van der Waals surface area contributed by atoms with Crippen molar-refractivity contribution in [2.75, 3.05) is 26.7 Å². The van der Waals surface area contributed by atoms with Crippen LogP contribution in [0.2, 0.25) is 0 Å². The predicted octanol–water partition coefficient (Wildman–Crippen LogP) is 6.59. The number of piperidine rings is 1. The van der Waals surface area contributed by atoms with E-state index in [0.717, 1.165) is 90.0 Å². The number of carbonyl (C=O) groups is 5. The van der Waals surface area contributed by atoms with Crippen LogP contribution in [0.15, 0.2) is 12.7 Å². The van der Waals surface area contributed by atoms with Gasteiger partial charge >= 0.3 is 10.2 Å². The summed E-state index contributed by atoms with van der Waals surface area (Å²) in [6.07, 6.45) is 14.9. The third kappa shape index (κ3) is 8.32. The highest BCUT2D eigenvalue weighted by molar-refractivity contribution is 7.87. The number of amides is 3. The third-order valence-corrected chi connectivity index (χ3v) is 19.1. The summed E-state index contributed by atoms with van der Waals surface area (Å²) in [6, 6.07) is -1.58. The van der Waals surface area contributed by atoms with E-state index in [1.54, 1.807) is 11.0 Å². The van der Waals surface area contributed by atoms with Gasteiger partial charge in [0.25, 0.3) is 0 Å². The second kappa shape index (κ2) is 16.7. The van der Waals surface area contributed by atoms with Crippen molar-refractivity contribution < 1.29 is 32.4 Å². The molecule has 2 N–H and O–H groups in total. The van der Waals surface area contributed by atoms with E-state index in [4.69, 9.17) is 0 Å². The van der Waals surface area contributed by atoms with E-state index in [9.17, 15) is 27.6 Å². The maximum absolute atomic E-state index is 15.4. The van der Waals surface area contributed by atoms with Gasteiger partial charge in [0.05, 0.1) is 23.5 Å². The van der Waals surface area contributed by atoms with Crippen molar-refractivity contribution in [1.82, 2.24) is 24.1 Å². The Morgan fingerprint density at radius 3 is 2.08 bits per heavy atom. The van der Waals surface area contributed by atoms with Crippen LogP contribution in [0.5, 0.6) is 0 Å². The van der Waals surface area contributed by atoms with E-state index in [2.05, 4.69) is 49.2 Å². The number of fused-ring (bicyclic) bond motifs is 1. The fraction of sp³-hybridized carbons (Fsp3) is 0.854. The Bertz CT molecular complexity index is 1860. The molecule has 0 aromatic rings. The molecule has 2 aliphatic heterocycles. The number of ketones is 2. The van der Waals surface area contributed by atoms with Crippen molar-refractivity contribution in [3.05, 3.63) is 12.7 Å². The number of hydrogen-bond donors (Lipinski definition) is 2. The molecular weight excluding hydrogens is 791 g/mol. The molecule has 342 valence electrons. The molecule has 2 spiro atoms. The summed E-state index contributed by atoms with van der Waals surface area (Å²) in [6.45, 7) is 20.2. The molecule has 61 heavy (non-hydrogen) atoms. The zero-order valence-corrected chi connectivity index (χ0v) is 39.5. The van der Waals surface area contributed by atoms with Gasteiger partial charge in [-0.1, -0.05) is 72.8 Å². The van der Waals surface area contributed by atoms with Crippen LogP contribution in [0.25, 0.3) is 0 Å². The first-order valence-corrected chi connectivity index (χ1v) is 25.3. The van der Waals surface area contributed by atoms with E-state index in [-0.39, 0.29) is 76.4 Å². The average Bonchev–Trinajstić information content (AvgIpc) is 4.13. The molecule has 13 heteroatoms. The standard InChI is InChI=1S/C48H77N5O7S/c1-10-34-26-46(34,43(58)50-61(59,60)51(9)29-32-20-21-32)28-39(55)37-27-48(45(7,8)47(48)22-16-23-47)30-53(37)42(57)35(44(4,5)6)25-38(54)40(33-17-12-11-13-18-33)49-41(56)36-19-14-15-24-52(36)31(2)3/h10,31-37,40H,1,11-30H2,2-9H3,(H,49,56)(H,50,58)/t34-,35-,36+,37+,40+,46-,48-/m1/s1. The van der Waals surface area contributed by atoms with E-state index in [0.29, 0.717) is 31.8 Å². The molecule has 12 nitrogen and oxygen atoms in total. The molecular formula is C48H77N5O7S. The Kier molecular flexibility index (Phi) is 12.7. The van der Waals surface area contributed by atoms with Gasteiger partial charge in [-0.25, -0.2) is 4.72 Å². The largest absolute Gasteiger partial charge is 0.345 e. The first-order valence-electron chi connectivity index (χ1n) is 23.9. The molecule has 0 aromatic carbocycles. The van der Waals surface area contributed by atoms with E-state index in [1.165, 1.54) is 11.4 Å². The van der Waals surface area contributed by atoms with Crippen LogP contribution in [0, 0.1) is 50.7 Å². The summed E-state index contributed by atoms with van der Waals surface area (Å²) < 4.78 is 30.1. The van der Waals surface area contributed by atoms with Crippen LogP contribution >= 0.6 is 0 Å². The summed E-state index contributed by atoms with van der Waals surface area (Å²) in [7, 11) is -2.65. The summed E-state index contributed by atoms with van der Waals surface area (Å²) in [5.41, 5.74) is -2.25. The van der Waals surface area contributed by atoms with Gasteiger partial charge in [0.2, 0.25) is 17.7 Å². The second-order valence-corrected chi connectivity index (χ2v) is 24.4. The molecule has 5 saturated carbocycles. The SMILES string of the molecule is C=C[C@@H]1C[C@]1(CC(=O)[C@@H]1C[C@@]2(CN1C(=O)[C@@H](CC(=O)[C@@H](NC(=O)[C@@H]1CCCCN1C(C)C)C1CCCCC1)C(C)(C)C)C(C)(C)C21CCC1)C(=O)NS(=O)(=O)N(C)CC1CC1. The van der Waals surface area contributed by atoms with Crippen LogP contribution in [-0.2, 0) is 34.2 Å². The van der Waals surface area contributed by atoms with Crippen molar-refractivity contribution in [3.8, 4) is 0 Å². The zero-order chi connectivity index (χ0) is 44.5. The van der Waals surface area contributed by atoms with Gasteiger partial charge in [-0.05, 0) is 119 Å². The average molecular weight is 868 g/mol. The molecule has 7 atom stereocenters. The minimum Gasteiger partial charge on any atom is -0.345 e. The van der Waals surface area contributed by atoms with Gasteiger partial charge in [0.15, 0.2) is 11.6 Å². The smallest absolute Gasteiger partial charge is 0.303 e. The van der Waals surface area contributed by atoms with Crippen molar-refractivity contribution in [2.24, 2.45) is 50.7 Å². The Morgan fingerprint density at radius 2 is 1.54 bits per heavy atom. The van der Waals surface area contributed by atoms with Gasteiger partial charge in [-0.3, -0.25) is 28.9 Å². The Balaban J connectivity index is 1.15. The second-order valence-electron chi connectivity index (χ2n) is 22.7. The van der Waals surface area contributed by atoms with Crippen LogP contribution in [-0.4, -0.2) is 103 Å². The number of hydrogen-bond acceptors (Lipinski definition) is 8. The van der Waals surface area contributed by atoms with Crippen molar-refractivity contribution in [1.29, 1.82) is 0 Å². The molecule has 0 unspecified atom stereocenters. The predicted molar refractivity (Wildman–Crippen MR) is 236 cm³/mol. The van der Waals surface area contributed by atoms with Gasteiger partial charge in [-0.15, -0.1) is 6.58 Å². The fourth-order valence-corrected chi connectivity index (χ4v) is 14.1. The van der Waals surface area contributed by atoms with E-state index in [1.807, 2.05) is 20.8 Å². The monoisotopic (exact) mass is 868 g/mol. The van der Waals surface area contributed by atoms with Crippen LogP contribution in [0.3, 0.4) is 0 Å². The molecule has 0 radical (unpaired) electrons.